The van der Waals surface area contributed by atoms with Gasteiger partial charge < -0.3 is 9.84 Å². The van der Waals surface area contributed by atoms with Gasteiger partial charge >= 0.3 is 6.18 Å². The van der Waals surface area contributed by atoms with Gasteiger partial charge in [0.2, 0.25) is 5.13 Å². The minimum absolute atomic E-state index is 0.336. The lowest BCUT2D eigenvalue weighted by atomic mass is 10.2. The molecule has 10 heteroatoms. The van der Waals surface area contributed by atoms with Gasteiger partial charge in [-0.3, -0.25) is 4.98 Å². The van der Waals surface area contributed by atoms with Gasteiger partial charge in [0.15, 0.2) is 5.01 Å². The molecular formula is C13H10F3N5OS. The summed E-state index contributed by atoms with van der Waals surface area (Å²) in [6.07, 6.45) is -1.44. The van der Waals surface area contributed by atoms with Crippen molar-refractivity contribution in [3.05, 3.63) is 41.9 Å². The Labute approximate surface area is 132 Å². The molecular weight excluding hydrogens is 331 g/mol. The molecule has 3 rings (SSSR count). The molecule has 0 saturated heterocycles. The molecule has 23 heavy (non-hydrogen) atoms. The second-order valence-corrected chi connectivity index (χ2v) is 5.48. The van der Waals surface area contributed by atoms with Crippen LogP contribution in [-0.2, 0) is 12.6 Å². The summed E-state index contributed by atoms with van der Waals surface area (Å²) in [5.74, 6) is 0. The Morgan fingerprint density at radius 3 is 2.83 bits per heavy atom. The summed E-state index contributed by atoms with van der Waals surface area (Å²) in [6.45, 7) is 0.391. The molecule has 3 aromatic heterocycles. The summed E-state index contributed by atoms with van der Waals surface area (Å²) in [7, 11) is 0. The number of halogens is 3. The van der Waals surface area contributed by atoms with Crippen molar-refractivity contribution in [3.63, 3.8) is 0 Å². The maximum absolute atomic E-state index is 12.6. The van der Waals surface area contributed by atoms with Crippen LogP contribution in [0.1, 0.15) is 11.3 Å². The molecule has 0 saturated carbocycles. The van der Waals surface area contributed by atoms with Crippen LogP contribution in [0.3, 0.4) is 0 Å². The summed E-state index contributed by atoms with van der Waals surface area (Å²) < 4.78 is 42.6. The van der Waals surface area contributed by atoms with E-state index < -0.39 is 11.7 Å². The van der Waals surface area contributed by atoms with Crippen molar-refractivity contribution in [3.8, 4) is 10.7 Å². The van der Waals surface area contributed by atoms with Crippen LogP contribution in [-0.4, -0.2) is 26.9 Å². The Kier molecular flexibility index (Phi) is 4.24. The molecule has 3 heterocycles. The highest BCUT2D eigenvalue weighted by molar-refractivity contribution is 7.18. The van der Waals surface area contributed by atoms with Gasteiger partial charge in [-0.2, -0.15) is 13.2 Å². The van der Waals surface area contributed by atoms with E-state index in [1.54, 1.807) is 6.07 Å². The van der Waals surface area contributed by atoms with Crippen LogP contribution in [0.2, 0.25) is 0 Å². The topological polar surface area (TPSA) is 76.7 Å². The maximum atomic E-state index is 12.6. The Hall–Kier alpha value is -2.49. The largest absolute Gasteiger partial charge is 0.416 e. The van der Waals surface area contributed by atoms with Crippen LogP contribution in [0.5, 0.6) is 0 Å². The van der Waals surface area contributed by atoms with Crippen LogP contribution in [0.4, 0.5) is 18.3 Å². The predicted molar refractivity (Wildman–Crippen MR) is 76.8 cm³/mol. The molecule has 0 aromatic carbocycles. The molecule has 120 valence electrons. The van der Waals surface area contributed by atoms with Crippen molar-refractivity contribution >= 4 is 16.5 Å². The molecule has 0 amide bonds. The van der Waals surface area contributed by atoms with Crippen molar-refractivity contribution < 1.29 is 17.7 Å². The first-order valence-corrected chi connectivity index (χ1v) is 7.34. The first kappa shape index (κ1) is 15.4. The minimum Gasteiger partial charge on any atom is -0.364 e. The predicted octanol–water partition coefficient (Wildman–Crippen LogP) is 3.26. The lowest BCUT2D eigenvalue weighted by Crippen LogP contribution is -2.09. The third kappa shape index (κ3) is 3.83. The number of hydrogen-bond donors (Lipinski definition) is 1. The zero-order valence-electron chi connectivity index (χ0n) is 11.5. The molecule has 3 aromatic rings. The van der Waals surface area contributed by atoms with Crippen LogP contribution < -0.4 is 5.32 Å². The highest BCUT2D eigenvalue weighted by Gasteiger charge is 2.30. The standard InChI is InChI=1S/C13H10F3N5OS/c14-13(15,16)8-1-4-17-9(7-8)2-5-18-12-20-19-11(23-12)10-3-6-22-21-10/h1,3-4,6-7H,2,5H2,(H,18,20). The lowest BCUT2D eigenvalue weighted by molar-refractivity contribution is -0.137. The third-order valence-corrected chi connectivity index (χ3v) is 3.79. The molecule has 0 fully saturated rings. The van der Waals surface area contributed by atoms with Gasteiger partial charge in [-0.15, -0.1) is 10.2 Å². The second-order valence-electron chi connectivity index (χ2n) is 4.51. The van der Waals surface area contributed by atoms with E-state index in [1.165, 1.54) is 17.6 Å². The van der Waals surface area contributed by atoms with Gasteiger partial charge in [0.1, 0.15) is 12.0 Å². The van der Waals surface area contributed by atoms with E-state index >= 15 is 0 Å². The molecule has 0 unspecified atom stereocenters. The molecule has 0 aliphatic heterocycles. The van der Waals surface area contributed by atoms with E-state index in [2.05, 4.69) is 25.7 Å². The average molecular weight is 341 g/mol. The van der Waals surface area contributed by atoms with E-state index in [-0.39, 0.29) is 0 Å². The number of rotatable bonds is 5. The van der Waals surface area contributed by atoms with Gasteiger partial charge in [-0.05, 0) is 12.1 Å². The molecule has 0 bridgehead atoms. The number of nitrogens with zero attached hydrogens (tertiary/aromatic N) is 4. The average Bonchev–Trinajstić information content (AvgIpc) is 3.18. The van der Waals surface area contributed by atoms with E-state index in [9.17, 15) is 13.2 Å². The summed E-state index contributed by atoms with van der Waals surface area (Å²) in [4.78, 5) is 3.93. The Bertz CT molecular complexity index is 772. The Morgan fingerprint density at radius 2 is 2.09 bits per heavy atom. The monoisotopic (exact) mass is 341 g/mol. The highest BCUT2D eigenvalue weighted by atomic mass is 32.1. The van der Waals surface area contributed by atoms with E-state index in [0.717, 1.165) is 18.3 Å². The van der Waals surface area contributed by atoms with Crippen LogP contribution in [0.15, 0.2) is 35.2 Å². The maximum Gasteiger partial charge on any atom is 0.416 e. The molecule has 0 spiro atoms. The summed E-state index contributed by atoms with van der Waals surface area (Å²) >= 11 is 1.28. The van der Waals surface area contributed by atoms with Gasteiger partial charge in [0, 0.05) is 30.9 Å². The molecule has 0 atom stereocenters. The smallest absolute Gasteiger partial charge is 0.364 e. The quantitative estimate of drug-likeness (QED) is 0.767. The van der Waals surface area contributed by atoms with Gasteiger partial charge in [0.25, 0.3) is 0 Å². The third-order valence-electron chi connectivity index (χ3n) is 2.88. The fourth-order valence-corrected chi connectivity index (χ4v) is 2.54. The van der Waals surface area contributed by atoms with Crippen molar-refractivity contribution in [2.24, 2.45) is 0 Å². The van der Waals surface area contributed by atoms with Crippen molar-refractivity contribution in [1.82, 2.24) is 20.3 Å². The SMILES string of the molecule is FC(F)(F)c1ccnc(CCNc2nnc(-c3ccon3)s2)c1. The molecule has 6 nitrogen and oxygen atoms in total. The number of hydrogen-bond acceptors (Lipinski definition) is 7. The van der Waals surface area contributed by atoms with Crippen molar-refractivity contribution in [2.45, 2.75) is 12.6 Å². The first-order valence-electron chi connectivity index (χ1n) is 6.52. The normalized spacial score (nSPS) is 11.6. The zero-order chi connectivity index (χ0) is 16.3. The molecule has 0 aliphatic carbocycles. The fourth-order valence-electron chi connectivity index (χ4n) is 1.81. The van der Waals surface area contributed by atoms with Crippen LogP contribution in [0, 0.1) is 0 Å². The zero-order valence-corrected chi connectivity index (χ0v) is 12.4. The number of alkyl halides is 3. The van der Waals surface area contributed by atoms with E-state index in [4.69, 9.17) is 4.52 Å². The fraction of sp³-hybridized carbons (Fsp3) is 0.231. The summed E-state index contributed by atoms with van der Waals surface area (Å²) in [5.41, 5.74) is 0.232. The number of nitrogens with one attached hydrogen (secondary N) is 1. The molecule has 1 N–H and O–H groups in total. The Balaban J connectivity index is 1.58. The minimum atomic E-state index is -4.36. The second kappa shape index (κ2) is 6.32. The molecule has 0 radical (unpaired) electrons. The number of anilines is 1. The van der Waals surface area contributed by atoms with Crippen LogP contribution >= 0.6 is 11.3 Å². The summed E-state index contributed by atoms with van der Waals surface area (Å²) in [5, 5.41) is 15.8. The van der Waals surface area contributed by atoms with Crippen molar-refractivity contribution in [2.75, 3.05) is 11.9 Å². The van der Waals surface area contributed by atoms with Gasteiger partial charge in [0.05, 0.1) is 5.56 Å². The number of aromatic nitrogens is 4. The van der Waals surface area contributed by atoms with Gasteiger partial charge in [-0.1, -0.05) is 16.5 Å². The Morgan fingerprint density at radius 1 is 1.22 bits per heavy atom. The van der Waals surface area contributed by atoms with E-state index in [1.807, 2.05) is 0 Å². The highest BCUT2D eigenvalue weighted by Crippen LogP contribution is 2.29. The van der Waals surface area contributed by atoms with Crippen LogP contribution in [0.25, 0.3) is 10.7 Å². The first-order chi connectivity index (χ1) is 11.0. The summed E-state index contributed by atoms with van der Waals surface area (Å²) in [6, 6.07) is 3.66. The van der Waals surface area contributed by atoms with E-state index in [0.29, 0.717) is 34.5 Å². The molecule has 0 aliphatic rings. The lowest BCUT2D eigenvalue weighted by Gasteiger charge is -2.08. The number of pyridine rings is 1. The van der Waals surface area contributed by atoms with Crippen molar-refractivity contribution in [1.29, 1.82) is 0 Å². The van der Waals surface area contributed by atoms with Gasteiger partial charge in [-0.25, -0.2) is 0 Å².